The van der Waals surface area contributed by atoms with Crippen molar-refractivity contribution in [2.45, 2.75) is 18.9 Å². The number of fused-ring (bicyclic) bond motifs is 1. The van der Waals surface area contributed by atoms with E-state index in [0.717, 1.165) is 31.1 Å². The molecule has 100 valence electrons. The first-order valence-corrected chi connectivity index (χ1v) is 6.48. The van der Waals surface area contributed by atoms with Crippen molar-refractivity contribution in [3.05, 3.63) is 35.7 Å². The summed E-state index contributed by atoms with van der Waals surface area (Å²) >= 11 is 0. The Morgan fingerprint density at radius 1 is 1.42 bits per heavy atom. The Bertz CT molecular complexity index is 553. The molecule has 0 fully saturated rings. The van der Waals surface area contributed by atoms with E-state index in [1.165, 1.54) is 10.4 Å². The minimum atomic E-state index is 0.488. The maximum Gasteiger partial charge on any atom is 0.188 e. The minimum absolute atomic E-state index is 0.488. The molecule has 2 aromatic rings. The van der Waals surface area contributed by atoms with Gasteiger partial charge < -0.3 is 10.1 Å². The average Bonchev–Trinajstić information content (AvgIpc) is 2.85. The molecule has 0 aliphatic carbocycles. The number of para-hydroxylation sites is 1. The molecule has 6 heteroatoms. The third kappa shape index (κ3) is 2.73. The quantitative estimate of drug-likeness (QED) is 0.882. The second kappa shape index (κ2) is 5.36. The summed E-state index contributed by atoms with van der Waals surface area (Å²) in [5, 5.41) is 15.3. The van der Waals surface area contributed by atoms with Gasteiger partial charge in [0.05, 0.1) is 20.2 Å². The van der Waals surface area contributed by atoms with Crippen molar-refractivity contribution in [2.75, 3.05) is 13.2 Å². The third-order valence-corrected chi connectivity index (χ3v) is 3.31. The summed E-state index contributed by atoms with van der Waals surface area (Å²) < 4.78 is 5.66. The van der Waals surface area contributed by atoms with E-state index in [1.54, 1.807) is 7.05 Å². The smallest absolute Gasteiger partial charge is 0.188 e. The van der Waals surface area contributed by atoms with Crippen LogP contribution in [0, 0.1) is 0 Å². The van der Waals surface area contributed by atoms with Crippen LogP contribution in [0.5, 0.6) is 5.75 Å². The largest absolute Gasteiger partial charge is 0.493 e. The molecular formula is C13H17N5O. The first kappa shape index (κ1) is 12.1. The SMILES string of the molecule is Cn1nnc(CNCC2CCOc3ccccc32)n1. The monoisotopic (exact) mass is 259 g/mol. The van der Waals surface area contributed by atoms with Gasteiger partial charge in [0.15, 0.2) is 5.82 Å². The van der Waals surface area contributed by atoms with Crippen molar-refractivity contribution in [3.63, 3.8) is 0 Å². The molecular weight excluding hydrogens is 242 g/mol. The molecule has 2 heterocycles. The van der Waals surface area contributed by atoms with E-state index in [2.05, 4.69) is 32.9 Å². The van der Waals surface area contributed by atoms with Gasteiger partial charge in [-0.25, -0.2) is 0 Å². The van der Waals surface area contributed by atoms with Gasteiger partial charge >= 0.3 is 0 Å². The Hall–Kier alpha value is -1.95. The van der Waals surface area contributed by atoms with E-state index in [-0.39, 0.29) is 0 Å². The van der Waals surface area contributed by atoms with Crippen molar-refractivity contribution in [3.8, 4) is 5.75 Å². The molecule has 19 heavy (non-hydrogen) atoms. The predicted octanol–water partition coefficient (Wildman–Crippen LogP) is 0.866. The van der Waals surface area contributed by atoms with E-state index in [0.29, 0.717) is 12.5 Å². The first-order valence-electron chi connectivity index (χ1n) is 6.48. The lowest BCUT2D eigenvalue weighted by atomic mass is 9.93. The number of nitrogens with zero attached hydrogens (tertiary/aromatic N) is 4. The van der Waals surface area contributed by atoms with E-state index in [9.17, 15) is 0 Å². The first-order chi connectivity index (χ1) is 9.33. The van der Waals surface area contributed by atoms with Crippen molar-refractivity contribution in [1.82, 2.24) is 25.5 Å². The predicted molar refractivity (Wildman–Crippen MR) is 69.8 cm³/mol. The number of aryl methyl sites for hydroxylation is 1. The summed E-state index contributed by atoms with van der Waals surface area (Å²) in [5.74, 6) is 2.22. The molecule has 1 aliphatic rings. The van der Waals surface area contributed by atoms with Crippen LogP contribution >= 0.6 is 0 Å². The number of hydrogen-bond acceptors (Lipinski definition) is 5. The highest BCUT2D eigenvalue weighted by Gasteiger charge is 2.20. The van der Waals surface area contributed by atoms with Gasteiger partial charge in [0.25, 0.3) is 0 Å². The molecule has 0 bridgehead atoms. The van der Waals surface area contributed by atoms with Crippen LogP contribution in [0.1, 0.15) is 23.7 Å². The molecule has 1 N–H and O–H groups in total. The number of tetrazole rings is 1. The highest BCUT2D eigenvalue weighted by molar-refractivity contribution is 5.37. The Kier molecular flexibility index (Phi) is 3.41. The number of aromatic nitrogens is 4. The van der Waals surface area contributed by atoms with Crippen LogP contribution in [0.15, 0.2) is 24.3 Å². The van der Waals surface area contributed by atoms with Crippen LogP contribution in [-0.2, 0) is 13.6 Å². The number of hydrogen-bond donors (Lipinski definition) is 1. The van der Waals surface area contributed by atoms with Gasteiger partial charge in [-0.1, -0.05) is 18.2 Å². The zero-order valence-electron chi connectivity index (χ0n) is 10.9. The third-order valence-electron chi connectivity index (χ3n) is 3.31. The lowest BCUT2D eigenvalue weighted by molar-refractivity contribution is 0.264. The van der Waals surface area contributed by atoms with E-state index >= 15 is 0 Å². The van der Waals surface area contributed by atoms with Gasteiger partial charge in [0, 0.05) is 12.5 Å². The molecule has 0 saturated heterocycles. The minimum Gasteiger partial charge on any atom is -0.493 e. The molecule has 1 aliphatic heterocycles. The molecule has 6 nitrogen and oxygen atoms in total. The Balaban J connectivity index is 1.59. The Morgan fingerprint density at radius 3 is 3.16 bits per heavy atom. The fourth-order valence-electron chi connectivity index (χ4n) is 2.38. The highest BCUT2D eigenvalue weighted by Crippen LogP contribution is 2.32. The summed E-state index contributed by atoms with van der Waals surface area (Å²) in [5.41, 5.74) is 1.29. The molecule has 0 spiro atoms. The van der Waals surface area contributed by atoms with E-state index in [1.807, 2.05) is 12.1 Å². The normalized spacial score (nSPS) is 17.8. The van der Waals surface area contributed by atoms with Gasteiger partial charge in [0.1, 0.15) is 5.75 Å². The molecule has 1 unspecified atom stereocenters. The van der Waals surface area contributed by atoms with Crippen LogP contribution in [-0.4, -0.2) is 33.4 Å². The van der Waals surface area contributed by atoms with Crippen molar-refractivity contribution in [2.24, 2.45) is 7.05 Å². The maximum absolute atomic E-state index is 5.66. The Labute approximate surface area is 111 Å². The highest BCUT2D eigenvalue weighted by atomic mass is 16.5. The molecule has 1 aromatic carbocycles. The molecule has 0 radical (unpaired) electrons. The summed E-state index contributed by atoms with van der Waals surface area (Å²) in [7, 11) is 1.77. The van der Waals surface area contributed by atoms with Gasteiger partial charge in [-0.05, 0) is 23.3 Å². The second-order valence-corrected chi connectivity index (χ2v) is 4.70. The van der Waals surface area contributed by atoms with E-state index in [4.69, 9.17) is 4.74 Å². The van der Waals surface area contributed by atoms with Crippen LogP contribution in [0.2, 0.25) is 0 Å². The molecule has 0 saturated carbocycles. The Morgan fingerprint density at radius 2 is 2.32 bits per heavy atom. The second-order valence-electron chi connectivity index (χ2n) is 4.70. The standard InChI is InChI=1S/C13H17N5O/c1-18-16-13(15-17-18)9-14-8-10-6-7-19-12-5-3-2-4-11(10)12/h2-5,10,14H,6-9H2,1H3. The molecule has 0 amide bonds. The van der Waals surface area contributed by atoms with Crippen LogP contribution < -0.4 is 10.1 Å². The number of rotatable bonds is 4. The van der Waals surface area contributed by atoms with Crippen LogP contribution in [0.25, 0.3) is 0 Å². The molecule has 3 rings (SSSR count). The summed E-state index contributed by atoms with van der Waals surface area (Å²) in [6, 6.07) is 8.25. The zero-order valence-corrected chi connectivity index (χ0v) is 10.9. The lowest BCUT2D eigenvalue weighted by Crippen LogP contribution is -2.26. The average molecular weight is 259 g/mol. The topological polar surface area (TPSA) is 64.9 Å². The van der Waals surface area contributed by atoms with Crippen molar-refractivity contribution >= 4 is 0 Å². The molecule has 1 aromatic heterocycles. The fourth-order valence-corrected chi connectivity index (χ4v) is 2.38. The van der Waals surface area contributed by atoms with Crippen LogP contribution in [0.4, 0.5) is 0 Å². The van der Waals surface area contributed by atoms with Gasteiger partial charge in [-0.3, -0.25) is 0 Å². The summed E-state index contributed by atoms with van der Waals surface area (Å²) in [4.78, 5) is 1.47. The van der Waals surface area contributed by atoms with Gasteiger partial charge in [-0.2, -0.15) is 4.80 Å². The van der Waals surface area contributed by atoms with Gasteiger partial charge in [-0.15, -0.1) is 10.2 Å². The number of benzene rings is 1. The number of nitrogens with one attached hydrogen (secondary N) is 1. The summed E-state index contributed by atoms with van der Waals surface area (Å²) in [6.07, 6.45) is 1.04. The fraction of sp³-hybridized carbons (Fsp3) is 0.462. The van der Waals surface area contributed by atoms with Gasteiger partial charge in [0.2, 0.25) is 0 Å². The maximum atomic E-state index is 5.66. The lowest BCUT2D eigenvalue weighted by Gasteiger charge is -2.25. The molecule has 1 atom stereocenters. The summed E-state index contributed by atoms with van der Waals surface area (Å²) in [6.45, 7) is 2.33. The van der Waals surface area contributed by atoms with Crippen molar-refractivity contribution < 1.29 is 4.74 Å². The van der Waals surface area contributed by atoms with Crippen LogP contribution in [0.3, 0.4) is 0 Å². The number of ether oxygens (including phenoxy) is 1. The van der Waals surface area contributed by atoms with Crippen molar-refractivity contribution in [1.29, 1.82) is 0 Å². The zero-order chi connectivity index (χ0) is 13.1. The van der Waals surface area contributed by atoms with E-state index < -0.39 is 0 Å².